The Morgan fingerprint density at radius 1 is 0.406 bits per heavy atom. The van der Waals surface area contributed by atoms with Crippen molar-refractivity contribution in [1.29, 1.82) is 0 Å². The maximum atomic E-state index is 11.2. The number of hydrogen-bond acceptors (Lipinski definition) is 1. The summed E-state index contributed by atoms with van der Waals surface area (Å²) in [6, 6.07) is 43.9. The van der Waals surface area contributed by atoms with Gasteiger partial charge < -0.3 is 0 Å². The summed E-state index contributed by atoms with van der Waals surface area (Å²) < 4.78 is 0. The van der Waals surface area contributed by atoms with Crippen LogP contribution < -0.4 is 0 Å². The molecule has 5 rings (SSSR count). The molecule has 0 heterocycles. The molecule has 5 aromatic rings. The smallest absolute Gasteiger partial charge is 0.150 e. The summed E-state index contributed by atoms with van der Waals surface area (Å²) in [6.45, 7) is 0. The number of benzene rings is 5. The third kappa shape index (κ3) is 3.89. The van der Waals surface area contributed by atoms with Crippen molar-refractivity contribution in [3.05, 3.63) is 133 Å². The molecule has 0 bridgehead atoms. The van der Waals surface area contributed by atoms with Crippen LogP contribution >= 0.6 is 0 Å². The van der Waals surface area contributed by atoms with Crippen LogP contribution in [-0.2, 0) is 0 Å². The Labute approximate surface area is 188 Å². The lowest BCUT2D eigenvalue weighted by Crippen LogP contribution is -1.93. The van der Waals surface area contributed by atoms with Crippen molar-refractivity contribution in [3.8, 4) is 44.5 Å². The molecule has 0 saturated heterocycles. The highest BCUT2D eigenvalue weighted by Gasteiger charge is 2.17. The largest absolute Gasteiger partial charge is 0.298 e. The second-order valence-corrected chi connectivity index (χ2v) is 7.78. The standard InChI is InChI=1S/C31H22O/c32-22-23-16-18-27(19-17-23)31-29(25-12-6-2-7-13-25)20-28(24-10-4-1-5-11-24)21-30(31)26-14-8-3-9-15-26/h1-22H. The number of hydrogen-bond donors (Lipinski definition) is 0. The van der Waals surface area contributed by atoms with E-state index in [1.807, 2.05) is 42.5 Å². The lowest BCUT2D eigenvalue weighted by Gasteiger charge is -2.19. The molecular formula is C31H22O. The quantitative estimate of drug-likeness (QED) is 0.267. The van der Waals surface area contributed by atoms with E-state index in [0.717, 1.165) is 23.0 Å². The highest BCUT2D eigenvalue weighted by molar-refractivity contribution is 5.98. The molecule has 32 heavy (non-hydrogen) atoms. The Morgan fingerprint density at radius 2 is 0.844 bits per heavy atom. The van der Waals surface area contributed by atoms with Crippen LogP contribution in [0.5, 0.6) is 0 Å². The average molecular weight is 411 g/mol. The second kappa shape index (κ2) is 8.87. The minimum atomic E-state index is 0.678. The summed E-state index contributed by atoms with van der Waals surface area (Å²) in [6.07, 6.45) is 0.887. The minimum Gasteiger partial charge on any atom is -0.298 e. The van der Waals surface area contributed by atoms with Crippen molar-refractivity contribution in [2.75, 3.05) is 0 Å². The van der Waals surface area contributed by atoms with Gasteiger partial charge in [0, 0.05) is 5.56 Å². The SMILES string of the molecule is O=Cc1ccc(-c2c(-c3ccccc3)cc(-c3ccccc3)cc2-c2ccccc2)cc1. The summed E-state index contributed by atoms with van der Waals surface area (Å²) in [7, 11) is 0. The molecule has 0 amide bonds. The first-order valence-electron chi connectivity index (χ1n) is 10.7. The summed E-state index contributed by atoms with van der Waals surface area (Å²) in [4.78, 5) is 11.2. The summed E-state index contributed by atoms with van der Waals surface area (Å²) in [5.41, 5.74) is 9.97. The highest BCUT2D eigenvalue weighted by Crippen LogP contribution is 2.43. The monoisotopic (exact) mass is 410 g/mol. The molecule has 0 aromatic heterocycles. The predicted molar refractivity (Wildman–Crippen MR) is 134 cm³/mol. The van der Waals surface area contributed by atoms with E-state index in [4.69, 9.17) is 0 Å². The maximum Gasteiger partial charge on any atom is 0.150 e. The van der Waals surface area contributed by atoms with Gasteiger partial charge in [-0.1, -0.05) is 115 Å². The normalized spacial score (nSPS) is 10.6. The number of aldehydes is 1. The molecule has 5 aromatic carbocycles. The Bertz CT molecular complexity index is 1280. The van der Waals surface area contributed by atoms with Crippen LogP contribution in [0, 0.1) is 0 Å². The molecule has 0 N–H and O–H groups in total. The van der Waals surface area contributed by atoms with Gasteiger partial charge in [0.15, 0.2) is 0 Å². The van der Waals surface area contributed by atoms with Gasteiger partial charge in [-0.25, -0.2) is 0 Å². The molecule has 0 aliphatic heterocycles. The van der Waals surface area contributed by atoms with Crippen LogP contribution in [0.3, 0.4) is 0 Å². The van der Waals surface area contributed by atoms with Crippen LogP contribution in [0.2, 0.25) is 0 Å². The maximum absolute atomic E-state index is 11.2. The van der Waals surface area contributed by atoms with E-state index in [1.165, 1.54) is 27.8 Å². The first-order chi connectivity index (χ1) is 15.8. The van der Waals surface area contributed by atoms with Gasteiger partial charge in [0.05, 0.1) is 0 Å². The van der Waals surface area contributed by atoms with Gasteiger partial charge in [-0.3, -0.25) is 4.79 Å². The lowest BCUT2D eigenvalue weighted by atomic mass is 9.84. The molecule has 152 valence electrons. The number of rotatable bonds is 5. The Kier molecular flexibility index (Phi) is 5.47. The molecule has 0 unspecified atom stereocenters. The van der Waals surface area contributed by atoms with Crippen LogP contribution in [0.1, 0.15) is 10.4 Å². The molecule has 0 fully saturated rings. The summed E-state index contributed by atoms with van der Waals surface area (Å²) in [5.74, 6) is 0. The van der Waals surface area contributed by atoms with Gasteiger partial charge in [-0.15, -0.1) is 0 Å². The molecule has 0 radical (unpaired) electrons. The molecule has 0 aliphatic rings. The first kappa shape index (κ1) is 19.7. The van der Waals surface area contributed by atoms with E-state index >= 15 is 0 Å². The van der Waals surface area contributed by atoms with Crippen LogP contribution in [-0.4, -0.2) is 6.29 Å². The van der Waals surface area contributed by atoms with Crippen molar-refractivity contribution in [1.82, 2.24) is 0 Å². The molecule has 0 atom stereocenters. The fourth-order valence-electron chi connectivity index (χ4n) is 4.17. The predicted octanol–water partition coefficient (Wildman–Crippen LogP) is 8.17. The number of carbonyl (C=O) groups excluding carboxylic acids is 1. The van der Waals surface area contributed by atoms with Gasteiger partial charge in [-0.2, -0.15) is 0 Å². The molecule has 0 spiro atoms. The average Bonchev–Trinajstić information content (AvgIpc) is 2.89. The van der Waals surface area contributed by atoms with Crippen molar-refractivity contribution in [3.63, 3.8) is 0 Å². The van der Waals surface area contributed by atoms with Crippen LogP contribution in [0.4, 0.5) is 0 Å². The van der Waals surface area contributed by atoms with Crippen LogP contribution in [0.25, 0.3) is 44.5 Å². The third-order valence-electron chi connectivity index (χ3n) is 5.75. The van der Waals surface area contributed by atoms with Crippen molar-refractivity contribution < 1.29 is 4.79 Å². The number of carbonyl (C=O) groups is 1. The Hall–Kier alpha value is -4.23. The lowest BCUT2D eigenvalue weighted by molar-refractivity contribution is 0.112. The molecule has 1 nitrogen and oxygen atoms in total. The van der Waals surface area contributed by atoms with E-state index in [1.54, 1.807) is 0 Å². The van der Waals surface area contributed by atoms with Crippen molar-refractivity contribution in [2.45, 2.75) is 0 Å². The molecule has 0 saturated carbocycles. The fraction of sp³-hybridized carbons (Fsp3) is 0. The fourth-order valence-corrected chi connectivity index (χ4v) is 4.17. The topological polar surface area (TPSA) is 17.1 Å². The van der Waals surface area contributed by atoms with Crippen molar-refractivity contribution in [2.24, 2.45) is 0 Å². The van der Waals surface area contributed by atoms with E-state index in [-0.39, 0.29) is 0 Å². The molecule has 0 aliphatic carbocycles. The van der Waals surface area contributed by atoms with Crippen LogP contribution in [0.15, 0.2) is 127 Å². The van der Waals surface area contributed by atoms with Gasteiger partial charge in [0.2, 0.25) is 0 Å². The molecular weight excluding hydrogens is 388 g/mol. The molecule has 1 heteroatoms. The van der Waals surface area contributed by atoms with Gasteiger partial charge in [-0.05, 0) is 56.6 Å². The zero-order chi connectivity index (χ0) is 21.8. The zero-order valence-corrected chi connectivity index (χ0v) is 17.6. The third-order valence-corrected chi connectivity index (χ3v) is 5.75. The highest BCUT2D eigenvalue weighted by atomic mass is 16.1. The van der Waals surface area contributed by atoms with E-state index in [0.29, 0.717) is 5.56 Å². The zero-order valence-electron chi connectivity index (χ0n) is 17.6. The second-order valence-electron chi connectivity index (χ2n) is 7.78. The van der Waals surface area contributed by atoms with Gasteiger partial charge >= 0.3 is 0 Å². The summed E-state index contributed by atoms with van der Waals surface area (Å²) in [5, 5.41) is 0. The minimum absolute atomic E-state index is 0.678. The van der Waals surface area contributed by atoms with Gasteiger partial charge in [0.1, 0.15) is 6.29 Å². The van der Waals surface area contributed by atoms with E-state index < -0.39 is 0 Å². The first-order valence-corrected chi connectivity index (χ1v) is 10.7. The Balaban J connectivity index is 1.86. The summed E-state index contributed by atoms with van der Waals surface area (Å²) >= 11 is 0. The Morgan fingerprint density at radius 3 is 1.28 bits per heavy atom. The van der Waals surface area contributed by atoms with Gasteiger partial charge in [0.25, 0.3) is 0 Å². The van der Waals surface area contributed by atoms with E-state index in [2.05, 4.69) is 84.9 Å². The van der Waals surface area contributed by atoms with E-state index in [9.17, 15) is 4.79 Å². The van der Waals surface area contributed by atoms with Crippen molar-refractivity contribution >= 4 is 6.29 Å².